The van der Waals surface area contributed by atoms with Gasteiger partial charge in [-0.05, 0) is 52.8 Å². The van der Waals surface area contributed by atoms with Crippen LogP contribution in [0.1, 0.15) is 50.9 Å². The summed E-state index contributed by atoms with van der Waals surface area (Å²) in [5.74, 6) is 0.702. The van der Waals surface area contributed by atoms with Gasteiger partial charge in [-0.15, -0.1) is 0 Å². The number of carbonyl (C=O) groups excluding carboxylic acids is 1. The van der Waals surface area contributed by atoms with Gasteiger partial charge in [0.2, 0.25) is 0 Å². The van der Waals surface area contributed by atoms with Gasteiger partial charge in [-0.3, -0.25) is 4.79 Å². The summed E-state index contributed by atoms with van der Waals surface area (Å²) in [5.41, 5.74) is 5.92. The molecule has 0 unspecified atom stereocenters. The summed E-state index contributed by atoms with van der Waals surface area (Å²) < 4.78 is 23.6. The molecule has 1 N–H and O–H groups in total. The second-order valence-electron chi connectivity index (χ2n) is 8.29. The maximum absolute atomic E-state index is 12.8. The zero-order valence-electron chi connectivity index (χ0n) is 16.7. The molecule has 3 aromatic rings. The molecule has 0 saturated carbocycles. The molecule has 2 bridgehead atoms. The highest BCUT2D eigenvalue weighted by atomic mass is 32.2. The van der Waals surface area contributed by atoms with Crippen molar-refractivity contribution < 1.29 is 13.2 Å². The van der Waals surface area contributed by atoms with Crippen molar-refractivity contribution in [3.8, 4) is 0 Å². The number of sulfone groups is 1. The van der Waals surface area contributed by atoms with E-state index in [4.69, 9.17) is 0 Å². The fourth-order valence-corrected chi connectivity index (χ4v) is 5.82. The van der Waals surface area contributed by atoms with Gasteiger partial charge in [0.1, 0.15) is 0 Å². The van der Waals surface area contributed by atoms with E-state index in [0.29, 0.717) is 23.9 Å². The Hall–Kier alpha value is -2.92. The quantitative estimate of drug-likeness (QED) is 0.695. The molecule has 0 spiro atoms. The van der Waals surface area contributed by atoms with Gasteiger partial charge in [0.25, 0.3) is 5.91 Å². The monoisotopic (exact) mass is 417 g/mol. The average molecular weight is 418 g/mol. The first-order valence-corrected chi connectivity index (χ1v) is 12.1. The van der Waals surface area contributed by atoms with Crippen molar-refractivity contribution in [3.05, 3.63) is 101 Å². The first kappa shape index (κ1) is 19.1. The van der Waals surface area contributed by atoms with Crippen molar-refractivity contribution >= 4 is 15.7 Å². The Bertz CT molecular complexity index is 1200. The van der Waals surface area contributed by atoms with Crippen LogP contribution in [-0.4, -0.2) is 27.1 Å². The second kappa shape index (κ2) is 7.10. The Balaban J connectivity index is 1.40. The number of fused-ring (bicyclic) bond motifs is 1. The van der Waals surface area contributed by atoms with Gasteiger partial charge in [-0.1, -0.05) is 54.6 Å². The minimum atomic E-state index is -3.35. The van der Waals surface area contributed by atoms with Crippen LogP contribution in [0, 0.1) is 5.92 Å². The summed E-state index contributed by atoms with van der Waals surface area (Å²) in [6, 6.07) is 23.5. The van der Waals surface area contributed by atoms with Crippen LogP contribution >= 0.6 is 0 Å². The number of hydrogen-bond acceptors (Lipinski definition) is 3. The minimum absolute atomic E-state index is 0.162. The first-order chi connectivity index (χ1) is 14.4. The highest BCUT2D eigenvalue weighted by Gasteiger charge is 2.42. The number of amides is 1. The lowest BCUT2D eigenvalue weighted by atomic mass is 9.59. The molecular weight excluding hydrogens is 394 g/mol. The predicted octanol–water partition coefficient (Wildman–Crippen LogP) is 4.12. The summed E-state index contributed by atoms with van der Waals surface area (Å²) in [5, 5.41) is 3.06. The summed E-state index contributed by atoms with van der Waals surface area (Å²) in [4.78, 5) is 12.9. The van der Waals surface area contributed by atoms with Crippen LogP contribution in [0.2, 0.25) is 0 Å². The molecule has 0 aromatic heterocycles. The van der Waals surface area contributed by atoms with E-state index >= 15 is 0 Å². The largest absolute Gasteiger partial charge is 0.352 e. The molecule has 0 saturated heterocycles. The molecule has 0 fully saturated rings. The number of rotatable bonds is 4. The summed E-state index contributed by atoms with van der Waals surface area (Å²) in [6.45, 7) is 0.561. The van der Waals surface area contributed by atoms with Crippen molar-refractivity contribution in [1.29, 1.82) is 0 Å². The smallest absolute Gasteiger partial charge is 0.251 e. The average Bonchev–Trinajstić information content (AvgIpc) is 2.77. The van der Waals surface area contributed by atoms with Crippen LogP contribution in [0.3, 0.4) is 0 Å². The topological polar surface area (TPSA) is 63.2 Å². The van der Waals surface area contributed by atoms with Crippen molar-refractivity contribution in [2.45, 2.75) is 23.2 Å². The van der Waals surface area contributed by atoms with Gasteiger partial charge in [0, 0.05) is 30.2 Å². The summed E-state index contributed by atoms with van der Waals surface area (Å²) in [7, 11) is -3.35. The predicted molar refractivity (Wildman–Crippen MR) is 117 cm³/mol. The normalized spacial score (nSPS) is 21.6. The summed E-state index contributed by atoms with van der Waals surface area (Å²) >= 11 is 0. The van der Waals surface area contributed by atoms with Gasteiger partial charge in [-0.2, -0.15) is 0 Å². The number of hydrogen-bond donors (Lipinski definition) is 1. The summed E-state index contributed by atoms with van der Waals surface area (Å²) in [6.07, 6.45) is 2.15. The molecule has 5 heteroatoms. The molecule has 1 atom stereocenters. The van der Waals surface area contributed by atoms with Gasteiger partial charge in [0.15, 0.2) is 9.84 Å². The van der Waals surface area contributed by atoms with Crippen LogP contribution in [0.5, 0.6) is 0 Å². The lowest BCUT2D eigenvalue weighted by Crippen LogP contribution is -2.39. The van der Waals surface area contributed by atoms with Crippen molar-refractivity contribution in [2.75, 3.05) is 12.8 Å². The van der Waals surface area contributed by atoms with Gasteiger partial charge in [-0.25, -0.2) is 8.42 Å². The maximum atomic E-state index is 12.8. The van der Waals surface area contributed by atoms with E-state index in [1.54, 1.807) is 12.1 Å². The van der Waals surface area contributed by atoms with E-state index in [2.05, 4.69) is 53.8 Å². The van der Waals surface area contributed by atoms with Crippen LogP contribution in [0.15, 0.2) is 77.7 Å². The molecule has 0 radical (unpaired) electrons. The molecule has 3 aromatic carbocycles. The molecule has 0 heterocycles. The van der Waals surface area contributed by atoms with Crippen molar-refractivity contribution in [3.63, 3.8) is 0 Å². The van der Waals surface area contributed by atoms with E-state index in [1.807, 2.05) is 0 Å². The van der Waals surface area contributed by atoms with Crippen LogP contribution in [0.4, 0.5) is 0 Å². The van der Waals surface area contributed by atoms with Gasteiger partial charge >= 0.3 is 0 Å². The van der Waals surface area contributed by atoms with Crippen molar-refractivity contribution in [1.82, 2.24) is 5.32 Å². The van der Waals surface area contributed by atoms with Crippen LogP contribution in [0.25, 0.3) is 0 Å². The lowest BCUT2D eigenvalue weighted by Gasteiger charge is -2.45. The molecule has 4 nitrogen and oxygen atoms in total. The molecule has 0 aliphatic heterocycles. The van der Waals surface area contributed by atoms with Crippen LogP contribution in [-0.2, 0) is 9.84 Å². The fourth-order valence-electron chi connectivity index (χ4n) is 5.15. The Morgan fingerprint density at radius 2 is 1.50 bits per heavy atom. The Kier molecular flexibility index (Phi) is 4.51. The van der Waals surface area contributed by atoms with E-state index in [0.717, 1.165) is 12.7 Å². The molecule has 6 rings (SSSR count). The van der Waals surface area contributed by atoms with Gasteiger partial charge in [0.05, 0.1) is 4.90 Å². The highest BCUT2D eigenvalue weighted by Crippen LogP contribution is 2.55. The molecule has 1 amide bonds. The standard InChI is InChI=1S/C25H23NO3S/c1-30(28,29)18-8-6-7-16(13-18)25(27)26-15-17-14-23-19-9-2-4-11-21(19)24(17)22-12-5-3-10-20(22)23/h2-13,17,23-24H,14-15H2,1H3,(H,26,27)/t17-,23?,24?/m0/s1. The number of nitrogens with one attached hydrogen (secondary N) is 1. The maximum Gasteiger partial charge on any atom is 0.251 e. The zero-order chi connectivity index (χ0) is 20.9. The molecule has 3 aliphatic rings. The lowest BCUT2D eigenvalue weighted by molar-refractivity contribution is 0.0942. The first-order valence-electron chi connectivity index (χ1n) is 10.2. The Morgan fingerprint density at radius 3 is 2.10 bits per heavy atom. The number of benzene rings is 3. The second-order valence-corrected chi connectivity index (χ2v) is 10.3. The highest BCUT2D eigenvalue weighted by molar-refractivity contribution is 7.90. The Labute approximate surface area is 176 Å². The third-order valence-corrected chi connectivity index (χ3v) is 7.58. The van der Waals surface area contributed by atoms with Gasteiger partial charge < -0.3 is 5.32 Å². The van der Waals surface area contributed by atoms with E-state index in [1.165, 1.54) is 34.4 Å². The minimum Gasteiger partial charge on any atom is -0.352 e. The van der Waals surface area contributed by atoms with E-state index in [9.17, 15) is 13.2 Å². The molecule has 152 valence electrons. The molecule has 3 aliphatic carbocycles. The molecular formula is C25H23NO3S. The number of carbonyl (C=O) groups is 1. The SMILES string of the molecule is CS(=O)(=O)c1cccc(C(=O)NC[C@@H]2CC3c4ccccc4C2c2ccccc23)c1. The van der Waals surface area contributed by atoms with Crippen molar-refractivity contribution in [2.24, 2.45) is 5.92 Å². The fraction of sp³-hybridized carbons (Fsp3) is 0.240. The third kappa shape index (κ3) is 3.14. The van der Waals surface area contributed by atoms with E-state index in [-0.39, 0.29) is 16.7 Å². The zero-order valence-corrected chi connectivity index (χ0v) is 17.5. The van der Waals surface area contributed by atoms with Crippen LogP contribution < -0.4 is 5.32 Å². The third-order valence-electron chi connectivity index (χ3n) is 6.47. The van der Waals surface area contributed by atoms with E-state index < -0.39 is 9.84 Å². The molecule has 30 heavy (non-hydrogen) atoms. The Morgan fingerprint density at radius 1 is 0.900 bits per heavy atom.